The lowest BCUT2D eigenvalue weighted by Gasteiger charge is -2.09. The van der Waals surface area contributed by atoms with Crippen molar-refractivity contribution in [2.45, 2.75) is 39.3 Å². The smallest absolute Gasteiger partial charge is 0.119 e. The van der Waals surface area contributed by atoms with Crippen LogP contribution in [0, 0.1) is 0 Å². The molecule has 1 aromatic carbocycles. The molecule has 0 fully saturated rings. The first-order valence-electron chi connectivity index (χ1n) is 6.66. The van der Waals surface area contributed by atoms with Crippen molar-refractivity contribution in [3.8, 4) is 5.75 Å². The Balaban J connectivity index is 2.16. The van der Waals surface area contributed by atoms with Crippen LogP contribution in [0.15, 0.2) is 24.3 Å². The third kappa shape index (κ3) is 6.62. The highest BCUT2D eigenvalue weighted by molar-refractivity contribution is 5.28. The molecule has 102 valence electrons. The lowest BCUT2D eigenvalue weighted by Crippen LogP contribution is -2.23. The summed E-state index contributed by atoms with van der Waals surface area (Å²) in [6, 6.07) is 8.64. The molecule has 18 heavy (non-hydrogen) atoms. The van der Waals surface area contributed by atoms with Crippen molar-refractivity contribution in [3.05, 3.63) is 29.8 Å². The van der Waals surface area contributed by atoms with Gasteiger partial charge in [-0.15, -0.1) is 0 Å². The number of nitrogens with one attached hydrogen (secondary N) is 1. The largest absolute Gasteiger partial charge is 0.494 e. The van der Waals surface area contributed by atoms with Crippen molar-refractivity contribution in [1.29, 1.82) is 0 Å². The third-order valence-corrected chi connectivity index (χ3v) is 2.60. The number of ether oxygens (including phenoxy) is 2. The van der Waals surface area contributed by atoms with E-state index in [1.807, 2.05) is 24.3 Å². The normalized spacial score (nSPS) is 10.9. The molecule has 0 heterocycles. The fraction of sp³-hybridized carbons (Fsp3) is 0.600. The summed E-state index contributed by atoms with van der Waals surface area (Å²) in [4.78, 5) is 0. The second-order valence-corrected chi connectivity index (χ2v) is 4.74. The topological polar surface area (TPSA) is 30.5 Å². The van der Waals surface area contributed by atoms with Crippen LogP contribution in [0.4, 0.5) is 0 Å². The molecule has 3 nitrogen and oxygen atoms in total. The Labute approximate surface area is 110 Å². The van der Waals surface area contributed by atoms with Gasteiger partial charge in [0, 0.05) is 13.2 Å². The second kappa shape index (κ2) is 8.95. The molecule has 3 heteroatoms. The minimum atomic E-state index is 0.566. The minimum absolute atomic E-state index is 0.566. The van der Waals surface area contributed by atoms with Gasteiger partial charge in [0.15, 0.2) is 0 Å². The maximum atomic E-state index is 5.72. The van der Waals surface area contributed by atoms with Gasteiger partial charge in [-0.05, 0) is 37.1 Å². The Morgan fingerprint density at radius 3 is 2.78 bits per heavy atom. The van der Waals surface area contributed by atoms with Gasteiger partial charge in [-0.3, -0.25) is 0 Å². The zero-order valence-electron chi connectivity index (χ0n) is 11.7. The zero-order chi connectivity index (χ0) is 13.2. The predicted molar refractivity (Wildman–Crippen MR) is 75.0 cm³/mol. The summed E-state index contributed by atoms with van der Waals surface area (Å²) in [5.74, 6) is 0.932. The van der Waals surface area contributed by atoms with Crippen molar-refractivity contribution in [1.82, 2.24) is 5.32 Å². The molecular weight excluding hydrogens is 226 g/mol. The van der Waals surface area contributed by atoms with Gasteiger partial charge in [0.1, 0.15) is 5.75 Å². The van der Waals surface area contributed by atoms with Crippen LogP contribution in [-0.2, 0) is 11.3 Å². The summed E-state index contributed by atoms with van der Waals surface area (Å²) < 4.78 is 10.8. The summed E-state index contributed by atoms with van der Waals surface area (Å²) in [7, 11) is 1.70. The maximum absolute atomic E-state index is 5.72. The monoisotopic (exact) mass is 251 g/mol. The quantitative estimate of drug-likeness (QED) is 0.684. The zero-order valence-corrected chi connectivity index (χ0v) is 11.7. The maximum Gasteiger partial charge on any atom is 0.119 e. The molecular formula is C15H25NO2. The van der Waals surface area contributed by atoms with Crippen LogP contribution in [0.25, 0.3) is 0 Å². The molecule has 0 atom stereocenters. The van der Waals surface area contributed by atoms with E-state index in [0.29, 0.717) is 12.6 Å². The number of unbranched alkanes of at least 4 members (excludes halogenated alkanes) is 1. The number of rotatable bonds is 9. The van der Waals surface area contributed by atoms with Crippen molar-refractivity contribution in [2.24, 2.45) is 0 Å². The molecule has 0 saturated heterocycles. The van der Waals surface area contributed by atoms with Gasteiger partial charge in [0.2, 0.25) is 0 Å². The van der Waals surface area contributed by atoms with Gasteiger partial charge in [-0.1, -0.05) is 26.0 Å². The van der Waals surface area contributed by atoms with Crippen molar-refractivity contribution in [2.75, 3.05) is 20.3 Å². The van der Waals surface area contributed by atoms with E-state index in [1.165, 1.54) is 0 Å². The summed E-state index contributed by atoms with van der Waals surface area (Å²) in [6.45, 7) is 6.80. The molecule has 0 amide bonds. The van der Waals surface area contributed by atoms with Crippen LogP contribution >= 0.6 is 0 Å². The van der Waals surface area contributed by atoms with Crippen molar-refractivity contribution < 1.29 is 9.47 Å². The van der Waals surface area contributed by atoms with E-state index < -0.39 is 0 Å². The van der Waals surface area contributed by atoms with Gasteiger partial charge >= 0.3 is 0 Å². The number of hydrogen-bond acceptors (Lipinski definition) is 3. The summed E-state index contributed by atoms with van der Waals surface area (Å²) in [6.07, 6.45) is 2.23. The van der Waals surface area contributed by atoms with Gasteiger partial charge in [0.05, 0.1) is 13.2 Å². The Kier molecular flexibility index (Phi) is 7.46. The Morgan fingerprint density at radius 2 is 2.06 bits per heavy atom. The third-order valence-electron chi connectivity index (χ3n) is 2.60. The first kappa shape index (κ1) is 15.0. The minimum Gasteiger partial charge on any atom is -0.494 e. The average Bonchev–Trinajstić information content (AvgIpc) is 2.34. The number of benzene rings is 1. The predicted octanol–water partition coefficient (Wildman–Crippen LogP) is 2.99. The van der Waals surface area contributed by atoms with E-state index in [4.69, 9.17) is 9.47 Å². The van der Waals surface area contributed by atoms with Crippen LogP contribution in [0.1, 0.15) is 32.3 Å². The molecule has 0 unspecified atom stereocenters. The molecule has 0 aromatic heterocycles. The number of methoxy groups -OCH3 is 1. The van der Waals surface area contributed by atoms with E-state index in [1.54, 1.807) is 7.11 Å². The molecule has 0 aliphatic carbocycles. The average molecular weight is 251 g/mol. The van der Waals surface area contributed by atoms with Crippen LogP contribution in [0.3, 0.4) is 0 Å². The highest BCUT2D eigenvalue weighted by atomic mass is 16.5. The molecule has 0 saturated carbocycles. The highest BCUT2D eigenvalue weighted by Crippen LogP contribution is 2.14. The van der Waals surface area contributed by atoms with Crippen molar-refractivity contribution in [3.63, 3.8) is 0 Å². The van der Waals surface area contributed by atoms with Gasteiger partial charge in [0.25, 0.3) is 0 Å². The fourth-order valence-corrected chi connectivity index (χ4v) is 1.70. The number of hydrogen-bond donors (Lipinski definition) is 1. The molecule has 0 bridgehead atoms. The van der Waals surface area contributed by atoms with Gasteiger partial charge < -0.3 is 14.8 Å². The highest BCUT2D eigenvalue weighted by Gasteiger charge is 1.97. The summed E-state index contributed by atoms with van der Waals surface area (Å²) in [5, 5.41) is 3.40. The fourth-order valence-electron chi connectivity index (χ4n) is 1.70. The first-order valence-corrected chi connectivity index (χ1v) is 6.66. The Hall–Kier alpha value is -1.06. The van der Waals surface area contributed by atoms with Gasteiger partial charge in [-0.25, -0.2) is 0 Å². The molecule has 0 spiro atoms. The second-order valence-electron chi connectivity index (χ2n) is 4.74. The van der Waals surface area contributed by atoms with E-state index in [-0.39, 0.29) is 0 Å². The van der Waals surface area contributed by atoms with Crippen molar-refractivity contribution >= 4 is 0 Å². The first-order chi connectivity index (χ1) is 8.72. The molecule has 1 N–H and O–H groups in total. The lowest BCUT2D eigenvalue weighted by atomic mass is 10.2. The van der Waals surface area contributed by atoms with E-state index in [2.05, 4.69) is 19.2 Å². The van der Waals surface area contributed by atoms with E-state index in [9.17, 15) is 0 Å². The molecule has 1 rings (SSSR count). The summed E-state index contributed by atoms with van der Waals surface area (Å²) >= 11 is 0. The van der Waals surface area contributed by atoms with Crippen LogP contribution < -0.4 is 10.1 Å². The van der Waals surface area contributed by atoms with Crippen LogP contribution in [-0.4, -0.2) is 26.3 Å². The molecule has 0 aliphatic heterocycles. The Morgan fingerprint density at radius 1 is 1.22 bits per heavy atom. The van der Waals surface area contributed by atoms with Crippen LogP contribution in [0.5, 0.6) is 5.75 Å². The molecule has 1 aromatic rings. The SMILES string of the molecule is COCc1cccc(OCCCCNC(C)C)c1. The van der Waals surface area contributed by atoms with Crippen LogP contribution in [0.2, 0.25) is 0 Å². The van der Waals surface area contributed by atoms with E-state index >= 15 is 0 Å². The Bertz CT molecular complexity index is 326. The van der Waals surface area contributed by atoms with E-state index in [0.717, 1.165) is 37.3 Å². The molecule has 0 radical (unpaired) electrons. The van der Waals surface area contributed by atoms with Gasteiger partial charge in [-0.2, -0.15) is 0 Å². The lowest BCUT2D eigenvalue weighted by molar-refractivity contribution is 0.184. The standard InChI is InChI=1S/C15H25NO2/c1-13(2)16-9-4-5-10-18-15-8-6-7-14(11-15)12-17-3/h6-8,11,13,16H,4-5,9-10,12H2,1-3H3. The molecule has 0 aliphatic rings. The summed E-state index contributed by atoms with van der Waals surface area (Å²) in [5.41, 5.74) is 1.15.